The van der Waals surface area contributed by atoms with Crippen LogP contribution in [0.5, 0.6) is 0 Å². The van der Waals surface area contributed by atoms with E-state index in [9.17, 15) is 0 Å². The van der Waals surface area contributed by atoms with Crippen LogP contribution >= 0.6 is 0 Å². The monoisotopic (exact) mass is 194 g/mol. The van der Waals surface area contributed by atoms with Crippen molar-refractivity contribution in [1.82, 2.24) is 4.90 Å². The van der Waals surface area contributed by atoms with Crippen molar-refractivity contribution in [1.29, 1.82) is 5.41 Å². The molecular weight excluding hydrogens is 172 g/mol. The third-order valence-corrected chi connectivity index (χ3v) is 3.24. The highest BCUT2D eigenvalue weighted by Gasteiger charge is 2.30. The van der Waals surface area contributed by atoms with Crippen molar-refractivity contribution in [3.8, 4) is 0 Å². The highest BCUT2D eigenvalue weighted by atomic mass is 15.2. The van der Waals surface area contributed by atoms with Crippen molar-refractivity contribution in [3.63, 3.8) is 0 Å². The van der Waals surface area contributed by atoms with Crippen molar-refractivity contribution in [2.24, 2.45) is 17.8 Å². The third kappa shape index (κ3) is 2.73. The smallest absolute Gasteiger partial charge is 0.0984 e. The summed E-state index contributed by atoms with van der Waals surface area (Å²) in [5.41, 5.74) is 0. The molecular formula is C12H22N2. The second-order valence-corrected chi connectivity index (χ2v) is 5.33. The van der Waals surface area contributed by atoms with Crippen LogP contribution in [0.2, 0.25) is 0 Å². The Labute approximate surface area is 87.2 Å². The molecule has 0 saturated heterocycles. The zero-order valence-electron chi connectivity index (χ0n) is 9.42. The van der Waals surface area contributed by atoms with Gasteiger partial charge in [-0.1, -0.05) is 13.8 Å². The number of nitrogens with one attached hydrogen (secondary N) is 1. The van der Waals surface area contributed by atoms with Gasteiger partial charge in [0.05, 0.1) is 5.84 Å². The lowest BCUT2D eigenvalue weighted by Gasteiger charge is -2.27. The fourth-order valence-corrected chi connectivity index (χ4v) is 1.86. The fourth-order valence-electron chi connectivity index (χ4n) is 1.86. The van der Waals surface area contributed by atoms with Crippen LogP contribution in [0, 0.1) is 23.2 Å². The summed E-state index contributed by atoms with van der Waals surface area (Å²) in [7, 11) is 0. The highest BCUT2D eigenvalue weighted by molar-refractivity contribution is 5.81. The van der Waals surface area contributed by atoms with Crippen LogP contribution in [0.1, 0.15) is 39.5 Å². The maximum absolute atomic E-state index is 8.07. The zero-order valence-corrected chi connectivity index (χ0v) is 9.42. The molecule has 2 aliphatic carbocycles. The molecule has 2 fully saturated rings. The van der Waals surface area contributed by atoms with Crippen LogP contribution in [0.3, 0.4) is 0 Å². The SMILES string of the molecule is CC(C)C(=N)N(CC1CC1)CC1CC1. The normalized spacial score (nSPS) is 21.4. The highest BCUT2D eigenvalue weighted by Crippen LogP contribution is 2.34. The van der Waals surface area contributed by atoms with Crippen molar-refractivity contribution in [3.05, 3.63) is 0 Å². The molecule has 2 saturated carbocycles. The van der Waals surface area contributed by atoms with E-state index in [2.05, 4.69) is 18.7 Å². The van der Waals surface area contributed by atoms with E-state index >= 15 is 0 Å². The molecule has 0 unspecified atom stereocenters. The van der Waals surface area contributed by atoms with E-state index in [1.165, 1.54) is 25.7 Å². The van der Waals surface area contributed by atoms with E-state index in [1.54, 1.807) is 0 Å². The van der Waals surface area contributed by atoms with Crippen LogP contribution in [-0.4, -0.2) is 23.8 Å². The molecule has 0 aromatic heterocycles. The van der Waals surface area contributed by atoms with E-state index in [0.29, 0.717) is 5.92 Å². The first-order valence-electron chi connectivity index (χ1n) is 6.00. The predicted octanol–water partition coefficient (Wildman–Crippen LogP) is 2.74. The molecule has 0 amide bonds. The van der Waals surface area contributed by atoms with Crippen LogP contribution in [0.15, 0.2) is 0 Å². The Bertz CT molecular complexity index is 200. The summed E-state index contributed by atoms with van der Waals surface area (Å²) in [6.45, 7) is 6.59. The predicted molar refractivity (Wildman–Crippen MR) is 59.6 cm³/mol. The first-order valence-corrected chi connectivity index (χ1v) is 6.00. The molecule has 0 heterocycles. The van der Waals surface area contributed by atoms with E-state index in [1.807, 2.05) is 0 Å². The average molecular weight is 194 g/mol. The van der Waals surface area contributed by atoms with Gasteiger partial charge in [-0.2, -0.15) is 0 Å². The Kier molecular flexibility index (Phi) is 2.80. The maximum Gasteiger partial charge on any atom is 0.0984 e. The Morgan fingerprint density at radius 1 is 1.14 bits per heavy atom. The molecule has 2 nitrogen and oxygen atoms in total. The third-order valence-electron chi connectivity index (χ3n) is 3.24. The van der Waals surface area contributed by atoms with Gasteiger partial charge in [-0.05, 0) is 37.5 Å². The van der Waals surface area contributed by atoms with E-state index in [4.69, 9.17) is 5.41 Å². The van der Waals surface area contributed by atoms with Gasteiger partial charge in [-0.3, -0.25) is 5.41 Å². The summed E-state index contributed by atoms with van der Waals surface area (Å²) in [5.74, 6) is 3.08. The number of nitrogens with zero attached hydrogens (tertiary/aromatic N) is 1. The largest absolute Gasteiger partial charge is 0.360 e. The van der Waals surface area contributed by atoms with Gasteiger partial charge in [0.15, 0.2) is 0 Å². The molecule has 1 N–H and O–H groups in total. The standard InChI is InChI=1S/C12H22N2/c1-9(2)12(13)14(7-10-3-4-10)8-11-5-6-11/h9-11,13H,3-8H2,1-2H3. The Balaban J connectivity index is 1.85. The van der Waals surface area contributed by atoms with Crippen LogP contribution in [-0.2, 0) is 0 Å². The minimum Gasteiger partial charge on any atom is -0.360 e. The Morgan fingerprint density at radius 3 is 1.86 bits per heavy atom. The lowest BCUT2D eigenvalue weighted by atomic mass is 10.1. The van der Waals surface area contributed by atoms with Gasteiger partial charge < -0.3 is 4.90 Å². The summed E-state index contributed by atoms with van der Waals surface area (Å²) in [5, 5.41) is 8.07. The molecule has 0 aromatic rings. The topological polar surface area (TPSA) is 27.1 Å². The summed E-state index contributed by atoms with van der Waals surface area (Å²) < 4.78 is 0. The number of rotatable bonds is 5. The van der Waals surface area contributed by atoms with Gasteiger partial charge in [-0.15, -0.1) is 0 Å². The minimum absolute atomic E-state index is 0.396. The van der Waals surface area contributed by atoms with Crippen molar-refractivity contribution < 1.29 is 0 Å². The fraction of sp³-hybridized carbons (Fsp3) is 0.917. The van der Waals surface area contributed by atoms with Gasteiger partial charge >= 0.3 is 0 Å². The van der Waals surface area contributed by atoms with Crippen LogP contribution in [0.4, 0.5) is 0 Å². The van der Waals surface area contributed by atoms with Gasteiger partial charge in [0, 0.05) is 19.0 Å². The molecule has 0 spiro atoms. The van der Waals surface area contributed by atoms with E-state index in [0.717, 1.165) is 30.8 Å². The van der Waals surface area contributed by atoms with Crippen molar-refractivity contribution >= 4 is 5.84 Å². The molecule has 2 heteroatoms. The van der Waals surface area contributed by atoms with Gasteiger partial charge in [0.25, 0.3) is 0 Å². The molecule has 2 aliphatic rings. The first-order chi connectivity index (χ1) is 6.66. The summed E-state index contributed by atoms with van der Waals surface area (Å²) in [6.07, 6.45) is 5.58. The molecule has 0 aliphatic heterocycles. The lowest BCUT2D eigenvalue weighted by molar-refractivity contribution is 0.364. The van der Waals surface area contributed by atoms with Crippen LogP contribution in [0.25, 0.3) is 0 Å². The minimum atomic E-state index is 0.396. The van der Waals surface area contributed by atoms with Gasteiger partial charge in [-0.25, -0.2) is 0 Å². The zero-order chi connectivity index (χ0) is 10.1. The molecule has 0 atom stereocenters. The maximum atomic E-state index is 8.07. The van der Waals surface area contributed by atoms with Gasteiger partial charge in [0.2, 0.25) is 0 Å². The molecule has 2 rings (SSSR count). The Morgan fingerprint density at radius 2 is 1.57 bits per heavy atom. The first kappa shape index (κ1) is 10.0. The lowest BCUT2D eigenvalue weighted by Crippen LogP contribution is -2.36. The molecule has 0 aromatic carbocycles. The Hall–Kier alpha value is -0.530. The van der Waals surface area contributed by atoms with E-state index in [-0.39, 0.29) is 0 Å². The molecule has 14 heavy (non-hydrogen) atoms. The number of hydrogen-bond donors (Lipinski definition) is 1. The average Bonchev–Trinajstić information content (AvgIpc) is 2.94. The van der Waals surface area contributed by atoms with Crippen molar-refractivity contribution in [2.45, 2.75) is 39.5 Å². The number of hydrogen-bond acceptors (Lipinski definition) is 1. The van der Waals surface area contributed by atoms with E-state index < -0.39 is 0 Å². The second kappa shape index (κ2) is 3.92. The quantitative estimate of drug-likeness (QED) is 0.529. The second-order valence-electron chi connectivity index (χ2n) is 5.33. The summed E-state index contributed by atoms with van der Waals surface area (Å²) in [4.78, 5) is 2.35. The molecule has 80 valence electrons. The molecule has 0 radical (unpaired) electrons. The summed E-state index contributed by atoms with van der Waals surface area (Å²) in [6, 6.07) is 0. The summed E-state index contributed by atoms with van der Waals surface area (Å²) >= 11 is 0. The van der Waals surface area contributed by atoms with Crippen LogP contribution < -0.4 is 0 Å². The molecule has 0 bridgehead atoms. The van der Waals surface area contributed by atoms with Gasteiger partial charge in [0.1, 0.15) is 0 Å². The van der Waals surface area contributed by atoms with Crippen molar-refractivity contribution in [2.75, 3.05) is 13.1 Å². The number of amidine groups is 1.